The molecule has 2 aromatic heterocycles. The van der Waals surface area contributed by atoms with Crippen LogP contribution in [0.1, 0.15) is 11.3 Å². The quantitative estimate of drug-likeness (QED) is 0.355. The van der Waals surface area contributed by atoms with Crippen molar-refractivity contribution in [1.29, 1.82) is 0 Å². The SMILES string of the molecule is CN=C(NCc1ccc(-n2cncn2)cc1)NCc1ccccn1.I. The number of rotatable bonds is 5. The second-order valence-electron chi connectivity index (χ2n) is 5.11. The highest BCUT2D eigenvalue weighted by atomic mass is 127. The van der Waals surface area contributed by atoms with E-state index in [0.29, 0.717) is 13.1 Å². The Morgan fingerprint density at radius 2 is 1.88 bits per heavy atom. The van der Waals surface area contributed by atoms with Gasteiger partial charge in [-0.05, 0) is 29.8 Å². The number of pyridine rings is 1. The number of benzene rings is 1. The molecule has 1 aromatic carbocycles. The molecule has 7 nitrogen and oxygen atoms in total. The Morgan fingerprint density at radius 3 is 2.52 bits per heavy atom. The first-order chi connectivity index (χ1) is 11.8. The van der Waals surface area contributed by atoms with E-state index in [1.807, 2.05) is 30.3 Å². The van der Waals surface area contributed by atoms with E-state index in [9.17, 15) is 0 Å². The Kier molecular flexibility index (Phi) is 7.33. The first-order valence-corrected chi connectivity index (χ1v) is 7.63. The zero-order valence-electron chi connectivity index (χ0n) is 13.8. The maximum Gasteiger partial charge on any atom is 0.191 e. The molecule has 0 aliphatic carbocycles. The molecule has 2 N–H and O–H groups in total. The van der Waals surface area contributed by atoms with E-state index < -0.39 is 0 Å². The fourth-order valence-electron chi connectivity index (χ4n) is 2.19. The van der Waals surface area contributed by atoms with Gasteiger partial charge in [-0.1, -0.05) is 18.2 Å². The van der Waals surface area contributed by atoms with Crippen molar-refractivity contribution in [3.63, 3.8) is 0 Å². The van der Waals surface area contributed by atoms with Gasteiger partial charge in [-0.15, -0.1) is 24.0 Å². The Labute approximate surface area is 163 Å². The average molecular weight is 449 g/mol. The van der Waals surface area contributed by atoms with Crippen molar-refractivity contribution in [2.24, 2.45) is 4.99 Å². The Balaban J connectivity index is 0.00000225. The molecular weight excluding hydrogens is 429 g/mol. The summed E-state index contributed by atoms with van der Waals surface area (Å²) in [7, 11) is 1.75. The highest BCUT2D eigenvalue weighted by Gasteiger charge is 2.01. The molecule has 0 fully saturated rings. The first-order valence-electron chi connectivity index (χ1n) is 7.63. The van der Waals surface area contributed by atoms with Crippen LogP contribution in [0.15, 0.2) is 66.3 Å². The van der Waals surface area contributed by atoms with Crippen LogP contribution in [0.5, 0.6) is 0 Å². The van der Waals surface area contributed by atoms with Crippen LogP contribution in [-0.4, -0.2) is 32.8 Å². The molecule has 8 heteroatoms. The number of halogens is 1. The molecule has 0 unspecified atom stereocenters. The molecule has 25 heavy (non-hydrogen) atoms. The predicted molar refractivity (Wildman–Crippen MR) is 108 cm³/mol. The van der Waals surface area contributed by atoms with Crippen molar-refractivity contribution in [3.8, 4) is 5.69 Å². The normalized spacial score (nSPS) is 10.8. The van der Waals surface area contributed by atoms with E-state index in [-0.39, 0.29) is 24.0 Å². The van der Waals surface area contributed by atoms with Gasteiger partial charge in [0.15, 0.2) is 5.96 Å². The lowest BCUT2D eigenvalue weighted by Gasteiger charge is -2.12. The maximum atomic E-state index is 4.28. The molecule has 0 radical (unpaired) electrons. The molecule has 0 aliphatic rings. The Hall–Kier alpha value is -2.49. The molecule has 3 aromatic rings. The van der Waals surface area contributed by atoms with Gasteiger partial charge in [-0.2, -0.15) is 5.10 Å². The second kappa shape index (κ2) is 9.72. The zero-order valence-corrected chi connectivity index (χ0v) is 16.2. The molecule has 2 heterocycles. The molecule has 0 saturated carbocycles. The van der Waals surface area contributed by atoms with Crippen LogP contribution >= 0.6 is 24.0 Å². The van der Waals surface area contributed by atoms with Gasteiger partial charge in [0.2, 0.25) is 0 Å². The molecule has 0 bridgehead atoms. The van der Waals surface area contributed by atoms with E-state index in [2.05, 4.69) is 42.8 Å². The summed E-state index contributed by atoms with van der Waals surface area (Å²) in [5, 5.41) is 10.6. The van der Waals surface area contributed by atoms with Crippen LogP contribution in [0.3, 0.4) is 0 Å². The van der Waals surface area contributed by atoms with Gasteiger partial charge in [-0.3, -0.25) is 9.98 Å². The van der Waals surface area contributed by atoms with Crippen LogP contribution in [0, 0.1) is 0 Å². The topological polar surface area (TPSA) is 80.0 Å². The molecule has 3 rings (SSSR count). The van der Waals surface area contributed by atoms with Gasteiger partial charge in [0, 0.05) is 19.8 Å². The van der Waals surface area contributed by atoms with Gasteiger partial charge in [-0.25, -0.2) is 9.67 Å². The third kappa shape index (κ3) is 5.52. The summed E-state index contributed by atoms with van der Waals surface area (Å²) in [6.45, 7) is 1.31. The van der Waals surface area contributed by atoms with Gasteiger partial charge >= 0.3 is 0 Å². The summed E-state index contributed by atoms with van der Waals surface area (Å²) in [6, 6.07) is 14.0. The van der Waals surface area contributed by atoms with Crippen molar-refractivity contribution in [2.75, 3.05) is 7.05 Å². The van der Waals surface area contributed by atoms with Gasteiger partial charge in [0.1, 0.15) is 12.7 Å². The Bertz CT molecular complexity index is 771. The van der Waals surface area contributed by atoms with E-state index >= 15 is 0 Å². The minimum atomic E-state index is 0. The summed E-state index contributed by atoms with van der Waals surface area (Å²) < 4.78 is 1.73. The van der Waals surface area contributed by atoms with Crippen LogP contribution in [-0.2, 0) is 13.1 Å². The van der Waals surface area contributed by atoms with Crippen LogP contribution in [0.25, 0.3) is 5.69 Å². The Morgan fingerprint density at radius 1 is 1.08 bits per heavy atom. The number of aliphatic imine (C=N–C) groups is 1. The lowest BCUT2D eigenvalue weighted by atomic mass is 10.2. The van der Waals surface area contributed by atoms with Crippen LogP contribution < -0.4 is 10.6 Å². The number of hydrogen-bond donors (Lipinski definition) is 2. The van der Waals surface area contributed by atoms with Crippen molar-refractivity contribution in [3.05, 3.63) is 72.6 Å². The monoisotopic (exact) mass is 449 g/mol. The molecule has 0 atom stereocenters. The molecule has 0 saturated heterocycles. The number of nitrogens with zero attached hydrogens (tertiary/aromatic N) is 5. The molecule has 0 aliphatic heterocycles. The standard InChI is InChI=1S/C17H19N7.HI/c1-18-17(22-11-15-4-2-3-9-20-15)21-10-14-5-7-16(8-6-14)24-13-19-12-23-24;/h2-9,12-13H,10-11H2,1H3,(H2,18,21,22);1H. The summed E-state index contributed by atoms with van der Waals surface area (Å²) in [4.78, 5) is 12.4. The maximum absolute atomic E-state index is 4.28. The molecule has 0 spiro atoms. The van der Waals surface area contributed by atoms with Gasteiger partial charge in [0.05, 0.1) is 17.9 Å². The minimum Gasteiger partial charge on any atom is -0.352 e. The first kappa shape index (κ1) is 18.8. The van der Waals surface area contributed by atoms with Gasteiger partial charge < -0.3 is 10.6 Å². The molecular formula is C17H20IN7. The number of hydrogen-bond acceptors (Lipinski definition) is 4. The summed E-state index contributed by atoms with van der Waals surface area (Å²) in [5.74, 6) is 0.737. The predicted octanol–water partition coefficient (Wildman–Crippen LogP) is 2.15. The highest BCUT2D eigenvalue weighted by Crippen LogP contribution is 2.07. The van der Waals surface area contributed by atoms with Gasteiger partial charge in [0.25, 0.3) is 0 Å². The second-order valence-corrected chi connectivity index (χ2v) is 5.11. The van der Waals surface area contributed by atoms with E-state index in [0.717, 1.165) is 22.9 Å². The van der Waals surface area contributed by atoms with Crippen molar-refractivity contribution < 1.29 is 0 Å². The third-order valence-corrected chi connectivity index (χ3v) is 3.47. The highest BCUT2D eigenvalue weighted by molar-refractivity contribution is 14.0. The van der Waals surface area contributed by atoms with E-state index in [1.165, 1.54) is 6.33 Å². The summed E-state index contributed by atoms with van der Waals surface area (Å²) in [6.07, 6.45) is 4.98. The van der Waals surface area contributed by atoms with Crippen LogP contribution in [0.2, 0.25) is 0 Å². The van der Waals surface area contributed by atoms with Crippen molar-refractivity contribution >= 4 is 29.9 Å². The number of guanidine groups is 1. The lowest BCUT2D eigenvalue weighted by molar-refractivity contribution is 0.793. The van der Waals surface area contributed by atoms with Crippen molar-refractivity contribution in [2.45, 2.75) is 13.1 Å². The summed E-state index contributed by atoms with van der Waals surface area (Å²) >= 11 is 0. The molecule has 130 valence electrons. The van der Waals surface area contributed by atoms with E-state index in [1.54, 1.807) is 24.3 Å². The third-order valence-electron chi connectivity index (χ3n) is 3.47. The van der Waals surface area contributed by atoms with Crippen LogP contribution in [0.4, 0.5) is 0 Å². The fraction of sp³-hybridized carbons (Fsp3) is 0.176. The number of nitrogens with one attached hydrogen (secondary N) is 2. The zero-order chi connectivity index (χ0) is 16.6. The lowest BCUT2D eigenvalue weighted by Crippen LogP contribution is -2.36. The minimum absolute atomic E-state index is 0. The van der Waals surface area contributed by atoms with Crippen molar-refractivity contribution in [1.82, 2.24) is 30.4 Å². The smallest absolute Gasteiger partial charge is 0.191 e. The summed E-state index contributed by atoms with van der Waals surface area (Å²) in [5.41, 5.74) is 3.10. The largest absolute Gasteiger partial charge is 0.352 e. The fourth-order valence-corrected chi connectivity index (χ4v) is 2.19. The van der Waals surface area contributed by atoms with E-state index in [4.69, 9.17) is 0 Å². The average Bonchev–Trinajstić information content (AvgIpc) is 3.18. The molecule has 0 amide bonds. The number of aromatic nitrogens is 4.